The molecule has 2 aromatic rings. The van der Waals surface area contributed by atoms with Crippen LogP contribution in [0.15, 0.2) is 18.5 Å². The standard InChI is InChI=1S/C11H8F4N2S2/c1-5(18)8-9(11(13,14)15)17-10(19-8)6-2-7(12)4-16-3-6/h2-5,18H,1H3. The summed E-state index contributed by atoms with van der Waals surface area (Å²) in [5.41, 5.74) is -0.755. The van der Waals surface area contributed by atoms with Crippen LogP contribution < -0.4 is 0 Å². The van der Waals surface area contributed by atoms with Crippen LogP contribution >= 0.6 is 24.0 Å². The van der Waals surface area contributed by atoms with E-state index in [0.717, 1.165) is 23.6 Å². The highest BCUT2D eigenvalue weighted by atomic mass is 32.1. The number of aromatic nitrogens is 2. The highest BCUT2D eigenvalue weighted by Gasteiger charge is 2.38. The monoisotopic (exact) mass is 308 g/mol. The van der Waals surface area contributed by atoms with E-state index in [0.29, 0.717) is 0 Å². The van der Waals surface area contributed by atoms with E-state index in [9.17, 15) is 17.6 Å². The fourth-order valence-electron chi connectivity index (χ4n) is 1.47. The van der Waals surface area contributed by atoms with Crippen molar-refractivity contribution in [2.75, 3.05) is 0 Å². The van der Waals surface area contributed by atoms with Crippen LogP contribution in [-0.4, -0.2) is 9.97 Å². The number of nitrogens with zero attached hydrogens (tertiary/aromatic N) is 2. The van der Waals surface area contributed by atoms with E-state index in [-0.39, 0.29) is 15.4 Å². The topological polar surface area (TPSA) is 25.8 Å². The maximum absolute atomic E-state index is 13.0. The van der Waals surface area contributed by atoms with Crippen LogP contribution in [-0.2, 0) is 6.18 Å². The van der Waals surface area contributed by atoms with Crippen molar-refractivity contribution in [1.82, 2.24) is 9.97 Å². The van der Waals surface area contributed by atoms with Crippen molar-refractivity contribution in [3.63, 3.8) is 0 Å². The summed E-state index contributed by atoms with van der Waals surface area (Å²) in [6, 6.07) is 1.10. The molecular weight excluding hydrogens is 300 g/mol. The normalized spacial score (nSPS) is 13.6. The lowest BCUT2D eigenvalue weighted by Gasteiger charge is -2.07. The van der Waals surface area contributed by atoms with Crippen molar-refractivity contribution in [3.8, 4) is 10.6 Å². The summed E-state index contributed by atoms with van der Waals surface area (Å²) in [5.74, 6) is -0.623. The third kappa shape index (κ3) is 3.06. The summed E-state index contributed by atoms with van der Waals surface area (Å²) in [6.07, 6.45) is -2.30. The summed E-state index contributed by atoms with van der Waals surface area (Å²) in [5, 5.41) is -0.528. The van der Waals surface area contributed by atoms with E-state index in [2.05, 4.69) is 22.6 Å². The minimum atomic E-state index is -4.55. The Bertz CT molecular complexity index is 593. The molecule has 2 rings (SSSR count). The molecule has 2 nitrogen and oxygen atoms in total. The molecule has 8 heteroatoms. The summed E-state index contributed by atoms with van der Waals surface area (Å²) in [7, 11) is 0. The molecule has 102 valence electrons. The van der Waals surface area contributed by atoms with Gasteiger partial charge in [-0.2, -0.15) is 25.8 Å². The molecule has 0 aliphatic heterocycles. The molecule has 2 aromatic heterocycles. The van der Waals surface area contributed by atoms with Gasteiger partial charge >= 0.3 is 6.18 Å². The van der Waals surface area contributed by atoms with E-state index in [4.69, 9.17) is 0 Å². The number of halogens is 4. The Morgan fingerprint density at radius 3 is 2.47 bits per heavy atom. The predicted molar refractivity (Wildman–Crippen MR) is 67.7 cm³/mol. The second-order valence-corrected chi connectivity index (χ2v) is 5.60. The highest BCUT2D eigenvalue weighted by molar-refractivity contribution is 7.80. The summed E-state index contributed by atoms with van der Waals surface area (Å²) in [4.78, 5) is 7.16. The third-order valence-electron chi connectivity index (χ3n) is 2.25. The van der Waals surface area contributed by atoms with Crippen LogP contribution in [0.5, 0.6) is 0 Å². The van der Waals surface area contributed by atoms with Gasteiger partial charge in [0.1, 0.15) is 10.8 Å². The lowest BCUT2D eigenvalue weighted by molar-refractivity contribution is -0.141. The Balaban J connectivity index is 2.55. The maximum atomic E-state index is 13.0. The molecule has 0 N–H and O–H groups in total. The number of alkyl halides is 3. The van der Waals surface area contributed by atoms with E-state index >= 15 is 0 Å². The van der Waals surface area contributed by atoms with E-state index in [1.54, 1.807) is 0 Å². The molecule has 1 unspecified atom stereocenters. The van der Waals surface area contributed by atoms with Crippen molar-refractivity contribution >= 4 is 24.0 Å². The van der Waals surface area contributed by atoms with E-state index < -0.39 is 22.9 Å². The largest absolute Gasteiger partial charge is 0.434 e. The second kappa shape index (κ2) is 5.09. The first kappa shape index (κ1) is 14.3. The van der Waals surface area contributed by atoms with Crippen molar-refractivity contribution in [3.05, 3.63) is 34.8 Å². The zero-order valence-corrected chi connectivity index (χ0v) is 11.3. The van der Waals surface area contributed by atoms with Gasteiger partial charge in [0.05, 0.1) is 6.20 Å². The molecule has 1 atom stereocenters. The van der Waals surface area contributed by atoms with Crippen molar-refractivity contribution < 1.29 is 17.6 Å². The number of thiol groups is 1. The fourth-order valence-corrected chi connectivity index (χ4v) is 2.75. The van der Waals surface area contributed by atoms with Crippen molar-refractivity contribution in [1.29, 1.82) is 0 Å². The smallest absolute Gasteiger partial charge is 0.261 e. The van der Waals surface area contributed by atoms with Crippen LogP contribution in [0.1, 0.15) is 22.7 Å². The van der Waals surface area contributed by atoms with Crippen LogP contribution in [0.4, 0.5) is 17.6 Å². The van der Waals surface area contributed by atoms with E-state index in [1.165, 1.54) is 13.1 Å². The molecule has 0 fully saturated rings. The van der Waals surface area contributed by atoms with Gasteiger partial charge in [0, 0.05) is 21.9 Å². The first-order valence-electron chi connectivity index (χ1n) is 5.16. The van der Waals surface area contributed by atoms with Gasteiger partial charge in [0.15, 0.2) is 5.69 Å². The average molecular weight is 308 g/mol. The minimum absolute atomic E-state index is 0.00935. The highest BCUT2D eigenvalue weighted by Crippen LogP contribution is 2.41. The van der Waals surface area contributed by atoms with Gasteiger partial charge in [0.2, 0.25) is 0 Å². The van der Waals surface area contributed by atoms with Crippen LogP contribution in [0.2, 0.25) is 0 Å². The molecule has 0 saturated carbocycles. The Kier molecular flexibility index (Phi) is 3.82. The van der Waals surface area contributed by atoms with E-state index in [1.807, 2.05) is 0 Å². The average Bonchev–Trinajstić information content (AvgIpc) is 2.73. The van der Waals surface area contributed by atoms with Gasteiger partial charge < -0.3 is 0 Å². The third-order valence-corrected chi connectivity index (χ3v) is 3.97. The first-order chi connectivity index (χ1) is 8.79. The molecule has 0 saturated heterocycles. The SMILES string of the molecule is CC(S)c1sc(-c2cncc(F)c2)nc1C(F)(F)F. The number of hydrogen-bond acceptors (Lipinski definition) is 4. The molecule has 0 amide bonds. The van der Waals surface area contributed by atoms with Crippen LogP contribution in [0, 0.1) is 5.82 Å². The summed E-state index contributed by atoms with van der Waals surface area (Å²) >= 11 is 4.86. The van der Waals surface area contributed by atoms with Gasteiger partial charge in [0.25, 0.3) is 0 Å². The molecule has 0 bridgehead atoms. The zero-order valence-electron chi connectivity index (χ0n) is 9.57. The van der Waals surface area contributed by atoms with Gasteiger partial charge in [-0.1, -0.05) is 0 Å². The molecule has 0 spiro atoms. The summed E-state index contributed by atoms with van der Waals surface area (Å²) in [6.45, 7) is 1.53. The lowest BCUT2D eigenvalue weighted by atomic mass is 10.2. The Morgan fingerprint density at radius 1 is 1.32 bits per heavy atom. The molecule has 0 aliphatic rings. The second-order valence-electron chi connectivity index (χ2n) is 3.80. The number of rotatable bonds is 2. The first-order valence-corrected chi connectivity index (χ1v) is 6.49. The molecule has 0 aliphatic carbocycles. The molecular formula is C11H8F4N2S2. The lowest BCUT2D eigenvalue weighted by Crippen LogP contribution is -2.08. The van der Waals surface area contributed by atoms with Gasteiger partial charge in [-0.25, -0.2) is 9.37 Å². The van der Waals surface area contributed by atoms with Crippen molar-refractivity contribution in [2.24, 2.45) is 0 Å². The van der Waals surface area contributed by atoms with Crippen LogP contribution in [0.25, 0.3) is 10.6 Å². The van der Waals surface area contributed by atoms with Gasteiger partial charge in [-0.05, 0) is 13.0 Å². The molecule has 2 heterocycles. The van der Waals surface area contributed by atoms with Gasteiger partial charge in [-0.3, -0.25) is 4.98 Å². The predicted octanol–water partition coefficient (Wildman–Crippen LogP) is 4.35. The Hall–Kier alpha value is -1.15. The maximum Gasteiger partial charge on any atom is 0.434 e. The number of hydrogen-bond donors (Lipinski definition) is 1. The number of thiazole rings is 1. The van der Waals surface area contributed by atoms with Crippen LogP contribution in [0.3, 0.4) is 0 Å². The molecule has 19 heavy (non-hydrogen) atoms. The Morgan fingerprint density at radius 2 is 2.00 bits per heavy atom. The van der Waals surface area contributed by atoms with Gasteiger partial charge in [-0.15, -0.1) is 11.3 Å². The number of pyridine rings is 1. The fraction of sp³-hybridized carbons (Fsp3) is 0.273. The zero-order chi connectivity index (χ0) is 14.2. The minimum Gasteiger partial charge on any atom is -0.261 e. The quantitative estimate of drug-likeness (QED) is 0.659. The Labute approximate surface area is 115 Å². The molecule has 0 aromatic carbocycles. The molecule has 0 radical (unpaired) electrons. The summed E-state index contributed by atoms with van der Waals surface area (Å²) < 4.78 is 51.5. The van der Waals surface area contributed by atoms with Crippen molar-refractivity contribution in [2.45, 2.75) is 18.3 Å².